The summed E-state index contributed by atoms with van der Waals surface area (Å²) in [5, 5.41) is 0. The maximum Gasteiger partial charge on any atom is 0.338 e. The molecule has 1 saturated heterocycles. The third-order valence-corrected chi connectivity index (χ3v) is 3.76. The van der Waals surface area contributed by atoms with Crippen molar-refractivity contribution in [2.45, 2.75) is 18.9 Å². The molecular formula is C15H20NO4+. The summed E-state index contributed by atoms with van der Waals surface area (Å²) in [6, 6.07) is 5.20. The van der Waals surface area contributed by atoms with E-state index >= 15 is 0 Å². The molecule has 20 heavy (non-hydrogen) atoms. The molecule has 108 valence electrons. The molecule has 0 amide bonds. The molecule has 2 aliphatic rings. The fourth-order valence-electron chi connectivity index (χ4n) is 2.71. The van der Waals surface area contributed by atoms with Crippen molar-refractivity contribution in [3.05, 3.63) is 23.8 Å². The average molecular weight is 278 g/mol. The lowest BCUT2D eigenvalue weighted by Crippen LogP contribution is -3.11. The number of piperidine rings is 1. The van der Waals surface area contributed by atoms with Crippen LogP contribution in [0.5, 0.6) is 11.5 Å². The Morgan fingerprint density at radius 1 is 1.30 bits per heavy atom. The molecule has 1 aromatic rings. The first kappa shape index (κ1) is 13.2. The summed E-state index contributed by atoms with van der Waals surface area (Å²) in [5.74, 6) is 1.04. The van der Waals surface area contributed by atoms with E-state index in [1.54, 1.807) is 18.2 Å². The highest BCUT2D eigenvalue weighted by molar-refractivity contribution is 5.90. The summed E-state index contributed by atoms with van der Waals surface area (Å²) in [6.07, 6.45) is 2.07. The summed E-state index contributed by atoms with van der Waals surface area (Å²) in [5.41, 5.74) is 0.525. The molecule has 0 aromatic heterocycles. The van der Waals surface area contributed by atoms with Gasteiger partial charge >= 0.3 is 5.97 Å². The van der Waals surface area contributed by atoms with Gasteiger partial charge in [0, 0.05) is 6.42 Å². The summed E-state index contributed by atoms with van der Waals surface area (Å²) < 4.78 is 16.5. The van der Waals surface area contributed by atoms with E-state index in [9.17, 15) is 4.79 Å². The number of benzene rings is 1. The fraction of sp³-hybridized carbons (Fsp3) is 0.533. The molecule has 5 heteroatoms. The lowest BCUT2D eigenvalue weighted by molar-refractivity contribution is -0.888. The fourth-order valence-corrected chi connectivity index (χ4v) is 2.71. The van der Waals surface area contributed by atoms with E-state index < -0.39 is 0 Å². The molecule has 0 saturated carbocycles. The van der Waals surface area contributed by atoms with E-state index in [0.29, 0.717) is 30.3 Å². The molecule has 3 rings (SSSR count). The van der Waals surface area contributed by atoms with E-state index in [-0.39, 0.29) is 12.1 Å². The number of fused-ring (bicyclic) bond motifs is 1. The molecule has 0 bridgehead atoms. The Bertz CT molecular complexity index is 503. The van der Waals surface area contributed by atoms with Gasteiger partial charge in [0.25, 0.3) is 0 Å². The van der Waals surface area contributed by atoms with Gasteiger partial charge in [0.1, 0.15) is 19.8 Å². The molecule has 0 spiro atoms. The Labute approximate surface area is 118 Å². The summed E-state index contributed by atoms with van der Waals surface area (Å²) >= 11 is 0. The van der Waals surface area contributed by atoms with Gasteiger partial charge in [0.15, 0.2) is 17.6 Å². The quantitative estimate of drug-likeness (QED) is 0.790. The van der Waals surface area contributed by atoms with Gasteiger partial charge in [-0.3, -0.25) is 0 Å². The van der Waals surface area contributed by atoms with E-state index in [2.05, 4.69) is 7.05 Å². The zero-order valence-electron chi connectivity index (χ0n) is 11.7. The van der Waals surface area contributed by atoms with Gasteiger partial charge in [-0.15, -0.1) is 0 Å². The van der Waals surface area contributed by atoms with Gasteiger partial charge in [-0.25, -0.2) is 4.79 Å². The van der Waals surface area contributed by atoms with Gasteiger partial charge in [0.2, 0.25) is 0 Å². The Morgan fingerprint density at radius 2 is 2.10 bits per heavy atom. The van der Waals surface area contributed by atoms with Crippen molar-refractivity contribution in [1.82, 2.24) is 0 Å². The SMILES string of the molecule is C[NH+]1CCC[C@H](OC(=O)c2ccc3c(c2)OCCO3)C1. The van der Waals surface area contributed by atoms with Crippen LogP contribution in [0, 0.1) is 0 Å². The van der Waals surface area contributed by atoms with Gasteiger partial charge in [-0.1, -0.05) is 0 Å². The average Bonchev–Trinajstić information content (AvgIpc) is 2.47. The molecule has 2 atom stereocenters. The summed E-state index contributed by atoms with van der Waals surface area (Å²) in [7, 11) is 2.13. The minimum atomic E-state index is -0.276. The molecule has 5 nitrogen and oxygen atoms in total. The third kappa shape index (κ3) is 2.88. The molecule has 0 radical (unpaired) electrons. The topological polar surface area (TPSA) is 49.2 Å². The molecular weight excluding hydrogens is 258 g/mol. The number of rotatable bonds is 2. The van der Waals surface area contributed by atoms with Crippen LogP contribution in [0.4, 0.5) is 0 Å². The normalized spacial score (nSPS) is 25.1. The number of hydrogen-bond acceptors (Lipinski definition) is 4. The van der Waals surface area contributed by atoms with Crippen LogP contribution in [-0.2, 0) is 4.74 Å². The van der Waals surface area contributed by atoms with Crippen molar-refractivity contribution in [3.63, 3.8) is 0 Å². The number of nitrogens with one attached hydrogen (secondary N) is 1. The Balaban J connectivity index is 1.67. The highest BCUT2D eigenvalue weighted by Gasteiger charge is 2.25. The zero-order valence-corrected chi connectivity index (χ0v) is 11.7. The Morgan fingerprint density at radius 3 is 2.90 bits per heavy atom. The second-order valence-corrected chi connectivity index (χ2v) is 5.44. The van der Waals surface area contributed by atoms with Crippen LogP contribution in [-0.4, -0.2) is 45.4 Å². The van der Waals surface area contributed by atoms with Crippen LogP contribution in [0.3, 0.4) is 0 Å². The second-order valence-electron chi connectivity index (χ2n) is 5.44. The van der Waals surface area contributed by atoms with Crippen molar-refractivity contribution in [2.24, 2.45) is 0 Å². The molecule has 2 aliphatic heterocycles. The van der Waals surface area contributed by atoms with Crippen LogP contribution in [0.15, 0.2) is 18.2 Å². The largest absolute Gasteiger partial charge is 0.486 e. The molecule has 2 heterocycles. The lowest BCUT2D eigenvalue weighted by Gasteiger charge is -2.26. The van der Waals surface area contributed by atoms with Crippen LogP contribution in [0.2, 0.25) is 0 Å². The van der Waals surface area contributed by atoms with Gasteiger partial charge < -0.3 is 19.1 Å². The van der Waals surface area contributed by atoms with Crippen molar-refractivity contribution in [1.29, 1.82) is 0 Å². The minimum absolute atomic E-state index is 0.0180. The zero-order chi connectivity index (χ0) is 13.9. The number of esters is 1. The van der Waals surface area contributed by atoms with Crippen molar-refractivity contribution < 1.29 is 23.9 Å². The van der Waals surface area contributed by atoms with Gasteiger partial charge in [-0.05, 0) is 24.6 Å². The van der Waals surface area contributed by atoms with Crippen molar-refractivity contribution >= 4 is 5.97 Å². The van der Waals surface area contributed by atoms with Crippen LogP contribution in [0.1, 0.15) is 23.2 Å². The highest BCUT2D eigenvalue weighted by atomic mass is 16.6. The molecule has 0 aliphatic carbocycles. The van der Waals surface area contributed by atoms with Crippen molar-refractivity contribution in [3.8, 4) is 11.5 Å². The molecule has 1 aromatic carbocycles. The third-order valence-electron chi connectivity index (χ3n) is 3.76. The molecule has 1 N–H and O–H groups in total. The maximum atomic E-state index is 12.2. The maximum absolute atomic E-state index is 12.2. The predicted octanol–water partition coefficient (Wildman–Crippen LogP) is 0.292. The van der Waals surface area contributed by atoms with Crippen LogP contribution < -0.4 is 14.4 Å². The smallest absolute Gasteiger partial charge is 0.338 e. The van der Waals surface area contributed by atoms with Crippen LogP contribution in [0.25, 0.3) is 0 Å². The molecule has 1 unspecified atom stereocenters. The van der Waals surface area contributed by atoms with E-state index in [4.69, 9.17) is 14.2 Å². The minimum Gasteiger partial charge on any atom is -0.486 e. The highest BCUT2D eigenvalue weighted by Crippen LogP contribution is 2.31. The number of hydrogen-bond donors (Lipinski definition) is 1. The predicted molar refractivity (Wildman–Crippen MR) is 72.5 cm³/mol. The first-order chi connectivity index (χ1) is 9.72. The number of likely N-dealkylation sites (N-methyl/N-ethyl adjacent to an activating group) is 1. The summed E-state index contributed by atoms with van der Waals surface area (Å²) in [6.45, 7) is 3.10. The number of carbonyl (C=O) groups excluding carboxylic acids is 1. The van der Waals surface area contributed by atoms with Gasteiger partial charge in [-0.2, -0.15) is 0 Å². The summed E-state index contributed by atoms with van der Waals surface area (Å²) in [4.78, 5) is 13.6. The second kappa shape index (κ2) is 5.71. The van der Waals surface area contributed by atoms with E-state index in [1.807, 2.05) is 0 Å². The van der Waals surface area contributed by atoms with Crippen molar-refractivity contribution in [2.75, 3.05) is 33.4 Å². The van der Waals surface area contributed by atoms with E-state index in [1.165, 1.54) is 4.90 Å². The van der Waals surface area contributed by atoms with Crippen LogP contribution >= 0.6 is 0 Å². The lowest BCUT2D eigenvalue weighted by atomic mass is 10.1. The number of ether oxygens (including phenoxy) is 3. The Hall–Kier alpha value is -1.75. The number of carbonyl (C=O) groups is 1. The molecule has 1 fully saturated rings. The number of likely N-dealkylation sites (tertiary alicyclic amines) is 1. The first-order valence-corrected chi connectivity index (χ1v) is 7.14. The first-order valence-electron chi connectivity index (χ1n) is 7.14. The standard InChI is InChI=1S/C15H19NO4/c1-16-6-2-3-12(10-16)20-15(17)11-4-5-13-14(9-11)19-8-7-18-13/h4-5,9,12H,2-3,6-8,10H2,1H3/p+1/t12-/m0/s1. The van der Waals surface area contributed by atoms with Gasteiger partial charge in [0.05, 0.1) is 19.2 Å². The van der Waals surface area contributed by atoms with E-state index in [0.717, 1.165) is 25.9 Å². The number of quaternary nitrogens is 1. The monoisotopic (exact) mass is 278 g/mol. The Kier molecular flexibility index (Phi) is 3.78.